The largest absolute Gasteiger partial charge is 0.497 e. The Hall–Kier alpha value is -5.53. The average Bonchev–Trinajstić information content (AvgIpc) is 3.79. The number of ether oxygens (including phenoxy) is 10. The van der Waals surface area contributed by atoms with E-state index in [-0.39, 0.29) is 24.0 Å². The second kappa shape index (κ2) is 19.6. The lowest BCUT2D eigenvalue weighted by atomic mass is 9.46. The van der Waals surface area contributed by atoms with Gasteiger partial charge in [0.05, 0.1) is 43.8 Å². The number of fused-ring (bicyclic) bond motifs is 4. The molecule has 434 valence electrons. The number of methoxy groups -OCH3 is 2. The fourth-order valence-electron chi connectivity index (χ4n) is 16.3. The van der Waals surface area contributed by atoms with Crippen LogP contribution in [0.15, 0.2) is 78.9 Å². The van der Waals surface area contributed by atoms with Crippen LogP contribution in [-0.4, -0.2) is 124 Å². The minimum Gasteiger partial charge on any atom is -0.497 e. The molecule has 4 aliphatic carbocycles. The van der Waals surface area contributed by atoms with Crippen LogP contribution in [0, 0.1) is 39.9 Å². The van der Waals surface area contributed by atoms with Gasteiger partial charge in [-0.1, -0.05) is 104 Å². The molecule has 1 spiro atoms. The van der Waals surface area contributed by atoms with Crippen molar-refractivity contribution >= 4 is 38.3 Å². The monoisotopic (exact) mass is 1120 g/mol. The van der Waals surface area contributed by atoms with Crippen molar-refractivity contribution in [2.75, 3.05) is 20.8 Å². The van der Waals surface area contributed by atoms with E-state index in [1.54, 1.807) is 63.2 Å². The molecule has 18 heteroatoms. The van der Waals surface area contributed by atoms with Crippen LogP contribution in [0.1, 0.15) is 130 Å². The van der Waals surface area contributed by atoms with Gasteiger partial charge in [-0.25, -0.2) is 14.4 Å². The molecule has 10 rings (SSSR count). The predicted octanol–water partition coefficient (Wildman–Crippen LogP) is 10.3. The van der Waals surface area contributed by atoms with Gasteiger partial charge < -0.3 is 51.8 Å². The summed E-state index contributed by atoms with van der Waals surface area (Å²) in [5.74, 6) is -3.58. The van der Waals surface area contributed by atoms with Crippen molar-refractivity contribution in [3.63, 3.8) is 0 Å². The first kappa shape index (κ1) is 57.7. The maximum absolute atomic E-state index is 15.9. The molecule has 0 aromatic heterocycles. The van der Waals surface area contributed by atoms with Gasteiger partial charge in [-0.2, -0.15) is 0 Å². The molecule has 3 aromatic rings. The predicted molar refractivity (Wildman–Crippen MR) is 294 cm³/mol. The fourth-order valence-corrected chi connectivity index (χ4v) is 19.0. The number of carbonyl (C=O) groups excluding carboxylic acids is 5. The highest BCUT2D eigenvalue weighted by atomic mass is 28.4. The van der Waals surface area contributed by atoms with Gasteiger partial charge in [0.2, 0.25) is 0 Å². The summed E-state index contributed by atoms with van der Waals surface area (Å²) in [5, 5.41) is -0.273. The number of carbonyl (C=O) groups is 5. The Bertz CT molecular complexity index is 2930. The van der Waals surface area contributed by atoms with Gasteiger partial charge in [0, 0.05) is 49.1 Å². The van der Waals surface area contributed by atoms with Crippen LogP contribution in [0.3, 0.4) is 0 Å². The van der Waals surface area contributed by atoms with Crippen molar-refractivity contribution in [2.24, 2.45) is 39.9 Å². The highest BCUT2D eigenvalue weighted by Gasteiger charge is 3.02. The third-order valence-electron chi connectivity index (χ3n) is 20.6. The number of amides is 1. The molecule has 2 bridgehead atoms. The fraction of sp³-hybridized carbons (Fsp3) is 0.629. The summed E-state index contributed by atoms with van der Waals surface area (Å²) in [6, 6.07) is 21.8. The summed E-state index contributed by atoms with van der Waals surface area (Å²) in [7, 11) is 0.224. The molecular weight excluding hydrogens is 1040 g/mol. The standard InChI is InChI=1S/C62H81NO16Si/c1-33(2)58(11,12)80(16,17)79-42-31-43-60(32-71-43,76-36(5)65)48-51(75-53(66)38-26-22-19-23-27-38)61-50-46(34(3)44(57(61,9)10)49(72-35(4)64)62(61,77-50)59(42,48)13)74-54(67)47-45(37-24-20-18-21-25-37)63(55(68)78-56(6,7)8)52(73-47)40-29-28-39(69-14)30-41(40)70-15/h18-30,33-34,42-52H,31-32H2,1-17H3/t34-,42+,43-,44-,45+,46+,47-,48+,49-,50-,51+,52?,59-,60+,61+,62-/m1/s1. The number of rotatable bonds is 14. The van der Waals surface area contributed by atoms with Gasteiger partial charge >= 0.3 is 30.0 Å². The summed E-state index contributed by atoms with van der Waals surface area (Å²) < 4.78 is 74.2. The lowest BCUT2D eigenvalue weighted by Crippen LogP contribution is -2.82. The quantitative estimate of drug-likeness (QED) is 0.0841. The first-order valence-corrected chi connectivity index (χ1v) is 31.1. The topological polar surface area (TPSA) is 190 Å². The van der Waals surface area contributed by atoms with E-state index in [2.05, 4.69) is 61.6 Å². The Balaban J connectivity index is 1.16. The summed E-state index contributed by atoms with van der Waals surface area (Å²) in [6.07, 6.45) is -8.88. The first-order chi connectivity index (χ1) is 37.4. The number of hydrogen-bond acceptors (Lipinski definition) is 16. The molecule has 1 unspecified atom stereocenters. The molecule has 16 atom stereocenters. The van der Waals surface area contributed by atoms with Crippen LogP contribution in [0.25, 0.3) is 0 Å². The molecule has 3 heterocycles. The molecule has 1 amide bonds. The van der Waals surface area contributed by atoms with Crippen molar-refractivity contribution in [3.8, 4) is 11.5 Å². The molecule has 0 radical (unpaired) electrons. The second-order valence-electron chi connectivity index (χ2n) is 26.5. The lowest BCUT2D eigenvalue weighted by molar-refractivity contribution is -0.407. The summed E-state index contributed by atoms with van der Waals surface area (Å²) in [6.45, 7) is 29.5. The van der Waals surface area contributed by atoms with Crippen LogP contribution in [0.5, 0.6) is 11.5 Å². The zero-order valence-corrected chi connectivity index (χ0v) is 50.4. The summed E-state index contributed by atoms with van der Waals surface area (Å²) in [4.78, 5) is 75.0. The zero-order valence-electron chi connectivity index (χ0n) is 49.4. The Morgan fingerprint density at radius 1 is 0.812 bits per heavy atom. The van der Waals surface area contributed by atoms with Crippen LogP contribution >= 0.6 is 0 Å². The van der Waals surface area contributed by atoms with E-state index in [1.165, 1.54) is 33.0 Å². The maximum atomic E-state index is 15.9. The van der Waals surface area contributed by atoms with Crippen molar-refractivity contribution in [1.29, 1.82) is 0 Å². The van der Waals surface area contributed by atoms with Crippen molar-refractivity contribution in [1.82, 2.24) is 4.90 Å². The minimum atomic E-state index is -2.80. The third-order valence-corrected chi connectivity index (χ3v) is 25.2. The first-order valence-electron chi connectivity index (χ1n) is 28.2. The highest BCUT2D eigenvalue weighted by Crippen LogP contribution is 2.89. The number of nitrogens with zero attached hydrogens (tertiary/aromatic N) is 1. The van der Waals surface area contributed by atoms with Crippen LogP contribution < -0.4 is 9.47 Å². The van der Waals surface area contributed by atoms with Gasteiger partial charge in [-0.3, -0.25) is 14.5 Å². The SMILES string of the molecule is COc1ccc(C2O[C@@H](C(=O)O[C@H]3[C@H](C)[C@@H]4[C@@H](OC(C)=O)[C@]56O[C@H]3[C@]5([C@@H](OC(=O)c3ccccc3)[C@@H]3[C@]5(OC(C)=O)CO[C@@H]5C[C@H](O[Si](C)(C)C(C)(C)C(C)C)[C@]36C)C4(C)C)[C@H](c3ccccc3)N2C(=O)OC(C)(C)C)c(OC)c1. The van der Waals surface area contributed by atoms with E-state index in [0.717, 1.165) is 0 Å². The molecular formula is C62H81NO16Si. The Kier molecular flexibility index (Phi) is 14.1. The van der Waals surface area contributed by atoms with E-state index < -0.39 is 144 Å². The molecule has 80 heavy (non-hydrogen) atoms. The smallest absolute Gasteiger partial charge is 0.413 e. The van der Waals surface area contributed by atoms with Gasteiger partial charge in [0.25, 0.3) is 0 Å². The Labute approximate surface area is 471 Å². The van der Waals surface area contributed by atoms with Crippen molar-refractivity contribution in [2.45, 2.75) is 186 Å². The minimum absolute atomic E-state index is 0.0101. The van der Waals surface area contributed by atoms with Gasteiger partial charge in [-0.15, -0.1) is 0 Å². The summed E-state index contributed by atoms with van der Waals surface area (Å²) in [5.41, 5.74) is -6.11. The summed E-state index contributed by atoms with van der Waals surface area (Å²) >= 11 is 0. The molecule has 3 aromatic carbocycles. The number of hydrogen-bond donors (Lipinski definition) is 0. The molecule has 7 fully saturated rings. The lowest BCUT2D eigenvalue weighted by Gasteiger charge is -2.70. The van der Waals surface area contributed by atoms with Crippen molar-refractivity contribution < 1.29 is 75.8 Å². The molecule has 3 aliphatic heterocycles. The van der Waals surface area contributed by atoms with E-state index in [9.17, 15) is 14.4 Å². The van der Waals surface area contributed by atoms with Crippen LogP contribution in [0.2, 0.25) is 18.1 Å². The maximum Gasteiger partial charge on any atom is 0.413 e. The van der Waals surface area contributed by atoms with E-state index in [1.807, 2.05) is 43.3 Å². The number of esters is 4. The average molecular weight is 1120 g/mol. The van der Waals surface area contributed by atoms with Crippen LogP contribution in [-0.2, 0) is 56.7 Å². The molecule has 7 aliphatic rings. The Morgan fingerprint density at radius 3 is 2.02 bits per heavy atom. The van der Waals surface area contributed by atoms with Gasteiger partial charge in [0.15, 0.2) is 26.3 Å². The van der Waals surface area contributed by atoms with E-state index in [4.69, 9.17) is 51.8 Å². The second-order valence-corrected chi connectivity index (χ2v) is 31.0. The molecule has 17 nitrogen and oxygen atoms in total. The van der Waals surface area contributed by atoms with Gasteiger partial charge in [0.1, 0.15) is 59.3 Å². The normalized spacial score (nSPS) is 36.2. The highest BCUT2D eigenvalue weighted by molar-refractivity contribution is 6.74. The molecule has 4 saturated carbocycles. The van der Waals surface area contributed by atoms with Crippen LogP contribution in [0.4, 0.5) is 4.79 Å². The number of benzene rings is 3. The van der Waals surface area contributed by atoms with E-state index >= 15 is 9.59 Å². The van der Waals surface area contributed by atoms with Gasteiger partial charge in [-0.05, 0) is 80.1 Å². The Morgan fingerprint density at radius 2 is 1.46 bits per heavy atom. The van der Waals surface area contributed by atoms with E-state index in [0.29, 0.717) is 28.2 Å². The molecule has 3 saturated heterocycles. The third kappa shape index (κ3) is 7.97. The van der Waals surface area contributed by atoms with Crippen molar-refractivity contribution in [3.05, 3.63) is 95.6 Å². The zero-order chi connectivity index (χ0) is 58.2. The molecule has 0 N–H and O–H groups in total.